The van der Waals surface area contributed by atoms with Crippen LogP contribution in [0, 0.1) is 0 Å². The summed E-state index contributed by atoms with van der Waals surface area (Å²) in [6, 6.07) is 6.67. The molecule has 0 spiro atoms. The van der Waals surface area contributed by atoms with Gasteiger partial charge in [0.2, 0.25) is 0 Å². The van der Waals surface area contributed by atoms with Crippen molar-refractivity contribution in [1.82, 2.24) is 0 Å². The first-order valence-corrected chi connectivity index (χ1v) is 7.75. The first kappa shape index (κ1) is 10.2. The average molecular weight is 267 g/mol. The van der Waals surface area contributed by atoms with Crippen LogP contribution in [0.5, 0.6) is 0 Å². The molecule has 0 fully saturated rings. The van der Waals surface area contributed by atoms with Gasteiger partial charge in [0, 0.05) is 12.3 Å². The molecule has 5 heteroatoms. The van der Waals surface area contributed by atoms with Crippen LogP contribution in [-0.2, 0) is 9.46 Å². The van der Waals surface area contributed by atoms with Gasteiger partial charge in [0.15, 0.2) is 9.46 Å². The summed E-state index contributed by atoms with van der Waals surface area (Å²) in [4.78, 5) is 0.395. The third-order valence-electron chi connectivity index (χ3n) is 1.39. The second kappa shape index (κ2) is 3.86. The van der Waals surface area contributed by atoms with E-state index in [9.17, 15) is 8.42 Å². The van der Waals surface area contributed by atoms with Crippen molar-refractivity contribution >= 4 is 33.2 Å². The largest absolute Gasteiger partial charge is 0.220 e. The van der Waals surface area contributed by atoms with Crippen LogP contribution in [-0.4, -0.2) is 15.1 Å². The number of hydrogen-bond donors (Lipinski definition) is 0. The lowest BCUT2D eigenvalue weighted by atomic mass is 10.4. The van der Waals surface area contributed by atoms with Crippen molar-refractivity contribution in [2.75, 3.05) is 6.66 Å². The normalized spacial score (nSPS) is 12.5. The van der Waals surface area contributed by atoms with E-state index in [0.29, 0.717) is 4.90 Å². The quantitative estimate of drug-likeness (QED) is 0.771. The monoisotopic (exact) mass is 266 g/mol. The van der Waals surface area contributed by atoms with Crippen molar-refractivity contribution in [1.29, 1.82) is 0 Å². The average Bonchev–Trinajstić information content (AvgIpc) is 2.05. The van der Waals surface area contributed by atoms with Gasteiger partial charge in [-0.25, -0.2) is 8.42 Å². The van der Waals surface area contributed by atoms with E-state index in [1.807, 2.05) is 0 Å². The Kier molecular flexibility index (Phi) is 3.27. The molecule has 1 atom stereocenters. The maximum atomic E-state index is 11.3. The molecule has 0 aliphatic heterocycles. The second-order valence-electron chi connectivity index (χ2n) is 2.16. The van der Waals surface area contributed by atoms with E-state index in [4.69, 9.17) is 0 Å². The van der Waals surface area contributed by atoms with Gasteiger partial charge in [0.25, 0.3) is 0 Å². The van der Waals surface area contributed by atoms with Crippen molar-refractivity contribution in [3.8, 4) is 0 Å². The van der Waals surface area contributed by atoms with E-state index in [1.165, 1.54) is 0 Å². The predicted octanol–water partition coefficient (Wildman–Crippen LogP) is 2.45. The highest BCUT2D eigenvalue weighted by atomic mass is 79.9. The molecular formula is C7H8BrO2PS. The van der Waals surface area contributed by atoms with Gasteiger partial charge in [-0.15, -0.1) is 0 Å². The molecule has 1 unspecified atom stereocenters. The summed E-state index contributed by atoms with van der Waals surface area (Å²) < 4.78 is 23.5. The Labute approximate surface area is 82.0 Å². The van der Waals surface area contributed by atoms with Gasteiger partial charge < -0.3 is 0 Å². The van der Waals surface area contributed by atoms with Crippen LogP contribution in [0.2, 0.25) is 0 Å². The number of rotatable bonds is 2. The Morgan fingerprint density at radius 3 is 2.17 bits per heavy atom. The number of halogens is 1. The van der Waals surface area contributed by atoms with Crippen molar-refractivity contribution in [3.63, 3.8) is 0 Å². The Morgan fingerprint density at radius 2 is 1.75 bits per heavy atom. The van der Waals surface area contributed by atoms with Gasteiger partial charge in [0.1, 0.15) is 0 Å². The van der Waals surface area contributed by atoms with E-state index in [-0.39, 0.29) is 7.78 Å². The zero-order chi connectivity index (χ0) is 9.19. The molecule has 0 aromatic heterocycles. The molecule has 1 aromatic carbocycles. The van der Waals surface area contributed by atoms with Crippen LogP contribution in [0.25, 0.3) is 0 Å². The molecule has 0 aliphatic rings. The molecule has 0 saturated carbocycles. The summed E-state index contributed by atoms with van der Waals surface area (Å²) >= 11 is 3.24. The molecule has 0 heterocycles. The zero-order valence-electron chi connectivity index (χ0n) is 6.41. The maximum absolute atomic E-state index is 11.3. The first-order chi connectivity index (χ1) is 5.56. The molecule has 0 bridgehead atoms. The SMILES string of the molecule is CPS(=O)(=O)c1ccc(Br)cc1. The van der Waals surface area contributed by atoms with Crippen molar-refractivity contribution in [2.24, 2.45) is 0 Å². The minimum Gasteiger partial charge on any atom is -0.220 e. The highest BCUT2D eigenvalue weighted by Gasteiger charge is 2.09. The summed E-state index contributed by atoms with van der Waals surface area (Å²) in [5, 5.41) is 0. The second-order valence-corrected chi connectivity index (χ2v) is 7.80. The standard InChI is InChI=1S/C7H8BrO2PS/c1-11-12(9,10)7-4-2-6(8)3-5-7/h2-5,11H,1H3. The molecule has 12 heavy (non-hydrogen) atoms. The van der Waals surface area contributed by atoms with Crippen LogP contribution in [0.15, 0.2) is 33.6 Å². The van der Waals surface area contributed by atoms with Crippen molar-refractivity contribution in [2.45, 2.75) is 4.90 Å². The summed E-state index contributed by atoms with van der Waals surface area (Å²) in [7, 11) is -3.09. The minimum absolute atomic E-state index is 0.0844. The topological polar surface area (TPSA) is 34.1 Å². The van der Waals surface area contributed by atoms with Crippen LogP contribution in [0.3, 0.4) is 0 Å². The third kappa shape index (κ3) is 2.28. The highest BCUT2D eigenvalue weighted by molar-refractivity contribution is 9.10. The molecule has 2 nitrogen and oxygen atoms in total. The molecule has 0 aliphatic carbocycles. The van der Waals surface area contributed by atoms with E-state index in [0.717, 1.165) is 4.47 Å². The van der Waals surface area contributed by atoms with Gasteiger partial charge in [-0.3, -0.25) is 0 Å². The lowest BCUT2D eigenvalue weighted by Crippen LogP contribution is -1.90. The molecular weight excluding hydrogens is 259 g/mol. The van der Waals surface area contributed by atoms with E-state index in [1.54, 1.807) is 30.9 Å². The first-order valence-electron chi connectivity index (χ1n) is 3.25. The molecule has 0 saturated heterocycles. The molecule has 0 amide bonds. The Hall–Kier alpha value is 0.0800. The fourth-order valence-corrected chi connectivity index (χ4v) is 2.84. The summed E-state index contributed by atoms with van der Waals surface area (Å²) in [5.41, 5.74) is 0. The maximum Gasteiger partial charge on any atom is 0.191 e. The lowest BCUT2D eigenvalue weighted by Gasteiger charge is -1.99. The van der Waals surface area contributed by atoms with E-state index < -0.39 is 9.46 Å². The van der Waals surface area contributed by atoms with E-state index >= 15 is 0 Å². The van der Waals surface area contributed by atoms with Gasteiger partial charge in [-0.1, -0.05) is 15.9 Å². The molecule has 0 N–H and O–H groups in total. The zero-order valence-corrected chi connectivity index (χ0v) is 9.81. The van der Waals surface area contributed by atoms with E-state index in [2.05, 4.69) is 15.9 Å². The van der Waals surface area contributed by atoms with Crippen LogP contribution in [0.1, 0.15) is 0 Å². The Morgan fingerprint density at radius 1 is 1.25 bits per heavy atom. The van der Waals surface area contributed by atoms with Gasteiger partial charge in [-0.05, 0) is 30.9 Å². The number of benzene rings is 1. The van der Waals surface area contributed by atoms with Gasteiger partial charge in [0.05, 0.1) is 4.90 Å². The Bertz CT molecular complexity index is 357. The molecule has 0 radical (unpaired) electrons. The molecule has 66 valence electrons. The third-order valence-corrected chi connectivity index (χ3v) is 5.67. The van der Waals surface area contributed by atoms with Crippen LogP contribution in [0.4, 0.5) is 0 Å². The fraction of sp³-hybridized carbons (Fsp3) is 0.143. The van der Waals surface area contributed by atoms with Crippen molar-refractivity contribution in [3.05, 3.63) is 28.7 Å². The predicted molar refractivity (Wildman–Crippen MR) is 55.6 cm³/mol. The minimum atomic E-state index is -3.01. The fourth-order valence-electron chi connectivity index (χ4n) is 0.732. The van der Waals surface area contributed by atoms with Gasteiger partial charge in [-0.2, -0.15) is 0 Å². The summed E-state index contributed by atoms with van der Waals surface area (Å²) in [6.45, 7) is 1.66. The molecule has 1 aromatic rings. The summed E-state index contributed by atoms with van der Waals surface area (Å²) in [6.07, 6.45) is 0. The Balaban J connectivity index is 3.14. The van der Waals surface area contributed by atoms with Gasteiger partial charge >= 0.3 is 0 Å². The highest BCUT2D eigenvalue weighted by Crippen LogP contribution is 2.26. The number of hydrogen-bond acceptors (Lipinski definition) is 2. The van der Waals surface area contributed by atoms with Crippen LogP contribution < -0.4 is 0 Å². The smallest absolute Gasteiger partial charge is 0.191 e. The summed E-state index contributed by atoms with van der Waals surface area (Å²) in [5.74, 6) is 0. The van der Waals surface area contributed by atoms with Crippen molar-refractivity contribution < 1.29 is 8.42 Å². The lowest BCUT2D eigenvalue weighted by molar-refractivity contribution is 0.610. The molecule has 1 rings (SSSR count). The van der Waals surface area contributed by atoms with Crippen LogP contribution >= 0.6 is 23.7 Å².